The van der Waals surface area contributed by atoms with Gasteiger partial charge in [0.25, 0.3) is 0 Å². The predicted octanol–water partition coefficient (Wildman–Crippen LogP) is 5.25. The summed E-state index contributed by atoms with van der Waals surface area (Å²) in [6, 6.07) is 4.48. The third-order valence-electron chi connectivity index (χ3n) is 6.10. The van der Waals surface area contributed by atoms with Gasteiger partial charge in [-0.1, -0.05) is 11.6 Å². The maximum Gasteiger partial charge on any atom is 0.177 e. The van der Waals surface area contributed by atoms with Gasteiger partial charge >= 0.3 is 0 Å². The van der Waals surface area contributed by atoms with Crippen molar-refractivity contribution in [2.45, 2.75) is 25.4 Å². The van der Waals surface area contributed by atoms with Crippen molar-refractivity contribution in [2.75, 3.05) is 39.3 Å². The average Bonchev–Trinajstić information content (AvgIpc) is 2.79. The molecule has 1 aromatic carbocycles. The topological polar surface area (TPSA) is 56.7 Å². The summed E-state index contributed by atoms with van der Waals surface area (Å²) in [4.78, 5) is 10.9. The zero-order chi connectivity index (χ0) is 23.0. The Balaban J connectivity index is 1.91. The van der Waals surface area contributed by atoms with Crippen LogP contribution < -0.4 is 14.4 Å². The van der Waals surface area contributed by atoms with E-state index in [0.717, 1.165) is 18.2 Å². The molecule has 1 fully saturated rings. The van der Waals surface area contributed by atoms with Crippen LogP contribution in [0.1, 0.15) is 19.8 Å². The van der Waals surface area contributed by atoms with Crippen LogP contribution in [0.3, 0.4) is 0 Å². The molecule has 0 aliphatic carbocycles. The molecule has 1 aliphatic heterocycles. The fraction of sp³-hybridized carbons (Fsp3) is 0.391. The van der Waals surface area contributed by atoms with E-state index in [4.69, 9.17) is 25.8 Å². The Labute approximate surface area is 190 Å². The highest BCUT2D eigenvalue weighted by Crippen LogP contribution is 2.40. The lowest BCUT2D eigenvalue weighted by atomic mass is 9.93. The number of benzene rings is 1. The zero-order valence-corrected chi connectivity index (χ0v) is 19.1. The average molecular weight is 464 g/mol. The summed E-state index contributed by atoms with van der Waals surface area (Å²) in [7, 11) is 4.33. The summed E-state index contributed by atoms with van der Waals surface area (Å²) < 4.78 is 46.2. The number of methoxy groups -OCH3 is 3. The number of aromatic nitrogens is 2. The lowest BCUT2D eigenvalue weighted by molar-refractivity contribution is -0.0133. The Kier molecular flexibility index (Phi) is 6.09. The number of anilines is 1. The highest BCUT2D eigenvalue weighted by atomic mass is 35.5. The highest BCUT2D eigenvalue weighted by molar-refractivity contribution is 6.30. The van der Waals surface area contributed by atoms with E-state index >= 15 is 8.78 Å². The molecule has 0 bridgehead atoms. The fourth-order valence-electron chi connectivity index (χ4n) is 3.98. The minimum atomic E-state index is -0.851. The van der Waals surface area contributed by atoms with Crippen LogP contribution in [-0.4, -0.2) is 50.0 Å². The number of hydrogen-bond acceptors (Lipinski definition) is 6. The van der Waals surface area contributed by atoms with Gasteiger partial charge in [-0.05, 0) is 31.9 Å². The molecular weight excluding hydrogens is 440 g/mol. The van der Waals surface area contributed by atoms with Crippen molar-refractivity contribution in [3.8, 4) is 22.8 Å². The maximum absolute atomic E-state index is 15.2. The molecule has 6 nitrogen and oxygen atoms in total. The van der Waals surface area contributed by atoms with Crippen LogP contribution in [0, 0.1) is 11.6 Å². The van der Waals surface area contributed by atoms with Gasteiger partial charge in [-0.15, -0.1) is 0 Å². The van der Waals surface area contributed by atoms with E-state index < -0.39 is 11.6 Å². The molecule has 2 aromatic heterocycles. The monoisotopic (exact) mass is 463 g/mol. The number of piperidine rings is 1. The molecule has 0 radical (unpaired) electrons. The van der Waals surface area contributed by atoms with E-state index in [1.807, 2.05) is 0 Å². The van der Waals surface area contributed by atoms with Crippen molar-refractivity contribution in [1.29, 1.82) is 0 Å². The van der Waals surface area contributed by atoms with Crippen molar-refractivity contribution in [3.05, 3.63) is 41.2 Å². The van der Waals surface area contributed by atoms with E-state index in [2.05, 4.69) is 21.8 Å². The number of fused-ring (bicyclic) bond motifs is 1. The quantitative estimate of drug-likeness (QED) is 0.482. The zero-order valence-electron chi connectivity index (χ0n) is 18.3. The summed E-state index contributed by atoms with van der Waals surface area (Å²) in [6.07, 6.45) is 3.14. The van der Waals surface area contributed by atoms with E-state index in [-0.39, 0.29) is 28.4 Å². The Morgan fingerprint density at radius 2 is 1.62 bits per heavy atom. The van der Waals surface area contributed by atoms with Crippen LogP contribution >= 0.6 is 11.6 Å². The van der Waals surface area contributed by atoms with Crippen LogP contribution in [0.15, 0.2) is 24.4 Å². The van der Waals surface area contributed by atoms with Gasteiger partial charge in [0.15, 0.2) is 23.1 Å². The molecule has 3 aromatic rings. The Bertz CT molecular complexity index is 1140. The number of ether oxygens (including phenoxy) is 3. The van der Waals surface area contributed by atoms with Crippen LogP contribution in [0.4, 0.5) is 14.6 Å². The normalized spacial score (nSPS) is 15.8. The van der Waals surface area contributed by atoms with Gasteiger partial charge in [0.1, 0.15) is 11.0 Å². The van der Waals surface area contributed by atoms with Gasteiger partial charge < -0.3 is 19.1 Å². The second kappa shape index (κ2) is 8.67. The second-order valence-corrected chi connectivity index (χ2v) is 8.37. The Morgan fingerprint density at radius 3 is 2.19 bits per heavy atom. The predicted molar refractivity (Wildman–Crippen MR) is 120 cm³/mol. The summed E-state index contributed by atoms with van der Waals surface area (Å²) >= 11 is 6.15. The fourth-order valence-corrected chi connectivity index (χ4v) is 4.14. The summed E-state index contributed by atoms with van der Waals surface area (Å²) in [6.45, 7) is 3.41. The van der Waals surface area contributed by atoms with Crippen LogP contribution in [0.2, 0.25) is 5.15 Å². The SMILES string of the molecule is COc1cc(OC)c(F)c(-c2cc3cnc(Cl)cc3c(N3CCC(C)(OC)CC3)n2)c1F. The molecule has 1 aliphatic rings. The van der Waals surface area contributed by atoms with Crippen molar-refractivity contribution in [2.24, 2.45) is 0 Å². The molecule has 0 atom stereocenters. The lowest BCUT2D eigenvalue weighted by Gasteiger charge is -2.39. The van der Waals surface area contributed by atoms with Gasteiger partial charge in [-0.2, -0.15) is 0 Å². The van der Waals surface area contributed by atoms with Gasteiger partial charge in [-0.3, -0.25) is 0 Å². The first kappa shape index (κ1) is 22.5. The summed E-state index contributed by atoms with van der Waals surface area (Å²) in [5.74, 6) is -1.39. The van der Waals surface area contributed by atoms with Crippen molar-refractivity contribution < 1.29 is 23.0 Å². The number of halogens is 3. The molecule has 0 unspecified atom stereocenters. The molecule has 9 heteroatoms. The molecule has 32 heavy (non-hydrogen) atoms. The van der Waals surface area contributed by atoms with Crippen LogP contribution in [0.25, 0.3) is 22.0 Å². The van der Waals surface area contributed by atoms with Crippen LogP contribution in [-0.2, 0) is 4.74 Å². The van der Waals surface area contributed by atoms with Crippen LogP contribution in [0.5, 0.6) is 11.5 Å². The number of nitrogens with zero attached hydrogens (tertiary/aromatic N) is 3. The Morgan fingerprint density at radius 1 is 1.00 bits per heavy atom. The third kappa shape index (κ3) is 3.93. The van der Waals surface area contributed by atoms with E-state index in [1.165, 1.54) is 20.3 Å². The third-order valence-corrected chi connectivity index (χ3v) is 6.31. The molecule has 0 N–H and O–H groups in total. The molecule has 170 valence electrons. The molecule has 1 saturated heterocycles. The minimum Gasteiger partial charge on any atom is -0.494 e. The van der Waals surface area contributed by atoms with E-state index in [0.29, 0.717) is 29.4 Å². The van der Waals surface area contributed by atoms with Crippen molar-refractivity contribution >= 4 is 28.2 Å². The molecule has 0 amide bonds. The van der Waals surface area contributed by atoms with Gasteiger partial charge in [0, 0.05) is 43.2 Å². The molecule has 0 spiro atoms. The van der Waals surface area contributed by atoms with Crippen molar-refractivity contribution in [3.63, 3.8) is 0 Å². The number of rotatable bonds is 5. The van der Waals surface area contributed by atoms with Gasteiger partial charge in [0.2, 0.25) is 0 Å². The maximum atomic E-state index is 15.2. The van der Waals surface area contributed by atoms with Gasteiger partial charge in [-0.25, -0.2) is 18.7 Å². The largest absolute Gasteiger partial charge is 0.494 e. The minimum absolute atomic E-state index is 0.115. The van der Waals surface area contributed by atoms with E-state index in [1.54, 1.807) is 25.4 Å². The first-order valence-electron chi connectivity index (χ1n) is 10.2. The standard InChI is InChI=1S/C23H24ClF2N3O3/c1-23(32-4)5-7-29(8-6-23)22-14-10-18(24)27-12-13(14)9-15(28-22)19-20(25)16(30-2)11-17(31-3)21(19)26/h9-12H,5-8H2,1-4H3. The first-order chi connectivity index (χ1) is 15.3. The Hall–Kier alpha value is -2.71. The number of hydrogen-bond donors (Lipinski definition) is 0. The molecule has 3 heterocycles. The molecular formula is C23H24ClF2N3O3. The highest BCUT2D eigenvalue weighted by Gasteiger charge is 2.31. The molecule has 4 rings (SSSR count). The first-order valence-corrected chi connectivity index (χ1v) is 10.5. The van der Waals surface area contributed by atoms with Crippen molar-refractivity contribution in [1.82, 2.24) is 9.97 Å². The number of pyridine rings is 2. The lowest BCUT2D eigenvalue weighted by Crippen LogP contribution is -2.44. The second-order valence-electron chi connectivity index (χ2n) is 7.98. The smallest absolute Gasteiger partial charge is 0.177 e. The summed E-state index contributed by atoms with van der Waals surface area (Å²) in [5, 5.41) is 1.73. The van der Waals surface area contributed by atoms with E-state index in [9.17, 15) is 0 Å². The van der Waals surface area contributed by atoms with Gasteiger partial charge in [0.05, 0.1) is 31.1 Å². The molecule has 0 saturated carbocycles. The summed E-state index contributed by atoms with van der Waals surface area (Å²) in [5.41, 5.74) is -0.427.